The maximum Gasteiger partial charge on any atom is 0.252 e. The van der Waals surface area contributed by atoms with E-state index in [9.17, 15) is 4.79 Å². The van der Waals surface area contributed by atoms with Gasteiger partial charge in [-0.05, 0) is 30.2 Å². The molecule has 18 heavy (non-hydrogen) atoms. The van der Waals surface area contributed by atoms with Crippen LogP contribution in [0.4, 0.5) is 0 Å². The van der Waals surface area contributed by atoms with Gasteiger partial charge in [0.25, 0.3) is 5.91 Å². The van der Waals surface area contributed by atoms with E-state index in [0.29, 0.717) is 0 Å². The van der Waals surface area contributed by atoms with Gasteiger partial charge >= 0.3 is 0 Å². The van der Waals surface area contributed by atoms with Gasteiger partial charge in [-0.25, -0.2) is 0 Å². The normalized spacial score (nSPS) is 21.6. The first-order valence-corrected chi connectivity index (χ1v) is 6.58. The molecule has 0 fully saturated rings. The van der Waals surface area contributed by atoms with Crippen LogP contribution in [0.2, 0.25) is 0 Å². The van der Waals surface area contributed by atoms with E-state index in [2.05, 4.69) is 21.2 Å². The molecule has 2 aromatic carbocycles. The first-order valence-electron chi connectivity index (χ1n) is 5.79. The van der Waals surface area contributed by atoms with E-state index in [0.717, 1.165) is 21.2 Å². The number of benzene rings is 2. The Labute approximate surface area is 114 Å². The SMILES string of the molecule is C[C@]1(c2ccccc2)NC(=O)c2cc(Br)ccc21. The standard InChI is InChI=1S/C15H12BrNO/c1-15(10-5-3-2-4-6-10)13-8-7-11(16)9-12(13)14(18)17-15/h2-9H,1H3,(H,17,18)/t15-/m1/s1. The molecule has 0 aliphatic carbocycles. The third kappa shape index (κ3) is 1.58. The largest absolute Gasteiger partial charge is 0.339 e. The summed E-state index contributed by atoms with van der Waals surface area (Å²) >= 11 is 3.41. The van der Waals surface area contributed by atoms with Crippen molar-refractivity contribution in [3.63, 3.8) is 0 Å². The van der Waals surface area contributed by atoms with E-state index in [1.54, 1.807) is 0 Å². The molecular formula is C15H12BrNO. The Kier molecular flexibility index (Phi) is 2.52. The number of carbonyl (C=O) groups excluding carboxylic acids is 1. The fourth-order valence-corrected chi connectivity index (χ4v) is 2.86. The summed E-state index contributed by atoms with van der Waals surface area (Å²) in [6, 6.07) is 15.9. The Balaban J connectivity index is 2.21. The third-order valence-electron chi connectivity index (χ3n) is 3.48. The van der Waals surface area contributed by atoms with Crippen molar-refractivity contribution in [2.24, 2.45) is 0 Å². The highest BCUT2D eigenvalue weighted by Gasteiger charge is 2.40. The predicted octanol–water partition coefficient (Wildman–Crippen LogP) is 3.46. The fourth-order valence-electron chi connectivity index (χ4n) is 2.50. The second-order valence-corrected chi connectivity index (χ2v) is 5.55. The van der Waals surface area contributed by atoms with Crippen LogP contribution in [0.1, 0.15) is 28.4 Å². The molecule has 1 aliphatic rings. The first kappa shape index (κ1) is 11.5. The summed E-state index contributed by atoms with van der Waals surface area (Å²) in [5.74, 6) is -0.0161. The Morgan fingerprint density at radius 3 is 2.56 bits per heavy atom. The Hall–Kier alpha value is -1.61. The first-order chi connectivity index (χ1) is 8.61. The third-order valence-corrected chi connectivity index (χ3v) is 3.97. The Morgan fingerprint density at radius 2 is 1.83 bits per heavy atom. The van der Waals surface area contributed by atoms with Crippen LogP contribution in [0.25, 0.3) is 0 Å². The number of hydrogen-bond donors (Lipinski definition) is 1. The lowest BCUT2D eigenvalue weighted by Crippen LogP contribution is -2.37. The van der Waals surface area contributed by atoms with Crippen LogP contribution in [0.3, 0.4) is 0 Å². The molecule has 1 heterocycles. The van der Waals surface area contributed by atoms with Crippen LogP contribution in [0, 0.1) is 0 Å². The van der Waals surface area contributed by atoms with E-state index in [-0.39, 0.29) is 5.91 Å². The highest BCUT2D eigenvalue weighted by molar-refractivity contribution is 9.10. The zero-order valence-corrected chi connectivity index (χ0v) is 11.5. The number of halogens is 1. The zero-order chi connectivity index (χ0) is 12.8. The summed E-state index contributed by atoms with van der Waals surface area (Å²) in [4.78, 5) is 12.1. The molecule has 2 nitrogen and oxygen atoms in total. The minimum Gasteiger partial charge on any atom is -0.339 e. The molecule has 1 atom stereocenters. The van der Waals surface area contributed by atoms with Crippen molar-refractivity contribution >= 4 is 21.8 Å². The number of nitrogens with one attached hydrogen (secondary N) is 1. The average molecular weight is 302 g/mol. The molecule has 90 valence electrons. The molecule has 1 amide bonds. The lowest BCUT2D eigenvalue weighted by Gasteiger charge is -2.26. The molecule has 1 aliphatic heterocycles. The summed E-state index contributed by atoms with van der Waals surface area (Å²) in [5, 5.41) is 3.08. The monoisotopic (exact) mass is 301 g/mol. The van der Waals surface area contributed by atoms with Gasteiger partial charge in [0.2, 0.25) is 0 Å². The van der Waals surface area contributed by atoms with Crippen molar-refractivity contribution in [2.45, 2.75) is 12.5 Å². The summed E-state index contributed by atoms with van der Waals surface area (Å²) in [6.45, 7) is 2.04. The van der Waals surface area contributed by atoms with Gasteiger partial charge in [0.1, 0.15) is 0 Å². The van der Waals surface area contributed by atoms with Crippen LogP contribution in [-0.2, 0) is 5.54 Å². The van der Waals surface area contributed by atoms with E-state index < -0.39 is 5.54 Å². The topological polar surface area (TPSA) is 29.1 Å². The Morgan fingerprint density at radius 1 is 1.11 bits per heavy atom. The second-order valence-electron chi connectivity index (χ2n) is 4.64. The van der Waals surface area contributed by atoms with Gasteiger partial charge < -0.3 is 5.32 Å². The molecule has 1 N–H and O–H groups in total. The quantitative estimate of drug-likeness (QED) is 0.859. The van der Waals surface area contributed by atoms with Gasteiger partial charge in [-0.1, -0.05) is 52.3 Å². The minimum atomic E-state index is -0.436. The summed E-state index contributed by atoms with van der Waals surface area (Å²) in [6.07, 6.45) is 0. The van der Waals surface area contributed by atoms with Crippen LogP contribution in [-0.4, -0.2) is 5.91 Å². The molecule has 0 saturated heterocycles. The zero-order valence-electron chi connectivity index (χ0n) is 9.91. The molecule has 0 spiro atoms. The van der Waals surface area contributed by atoms with Gasteiger partial charge in [0.05, 0.1) is 5.54 Å². The van der Waals surface area contributed by atoms with Gasteiger partial charge in [-0.2, -0.15) is 0 Å². The Bertz CT molecular complexity index is 624. The lowest BCUT2D eigenvalue weighted by molar-refractivity contribution is 0.0944. The summed E-state index contributed by atoms with van der Waals surface area (Å²) in [7, 11) is 0. The number of fused-ring (bicyclic) bond motifs is 1. The van der Waals surface area contributed by atoms with E-state index in [1.807, 2.05) is 55.5 Å². The lowest BCUT2D eigenvalue weighted by atomic mass is 9.85. The van der Waals surface area contributed by atoms with Gasteiger partial charge in [0.15, 0.2) is 0 Å². The molecule has 0 saturated carbocycles. The number of amides is 1. The number of rotatable bonds is 1. The molecule has 0 aromatic heterocycles. The molecule has 0 radical (unpaired) electrons. The maximum absolute atomic E-state index is 12.1. The number of hydrogen-bond acceptors (Lipinski definition) is 1. The van der Waals surface area contributed by atoms with Crippen molar-refractivity contribution < 1.29 is 4.79 Å². The van der Waals surface area contributed by atoms with Crippen LogP contribution in [0.15, 0.2) is 53.0 Å². The van der Waals surface area contributed by atoms with Gasteiger partial charge in [0, 0.05) is 10.0 Å². The molecule has 3 rings (SSSR count). The van der Waals surface area contributed by atoms with Gasteiger partial charge in [-0.3, -0.25) is 4.79 Å². The van der Waals surface area contributed by atoms with Crippen LogP contribution in [0.5, 0.6) is 0 Å². The smallest absolute Gasteiger partial charge is 0.252 e. The van der Waals surface area contributed by atoms with Crippen molar-refractivity contribution in [3.05, 3.63) is 69.7 Å². The van der Waals surface area contributed by atoms with Gasteiger partial charge in [-0.15, -0.1) is 0 Å². The predicted molar refractivity (Wildman–Crippen MR) is 74.5 cm³/mol. The average Bonchev–Trinajstić information content (AvgIpc) is 2.63. The van der Waals surface area contributed by atoms with E-state index in [4.69, 9.17) is 0 Å². The summed E-state index contributed by atoms with van der Waals surface area (Å²) < 4.78 is 0.925. The van der Waals surface area contributed by atoms with Crippen molar-refractivity contribution in [2.75, 3.05) is 0 Å². The molecular weight excluding hydrogens is 290 g/mol. The highest BCUT2D eigenvalue weighted by atomic mass is 79.9. The van der Waals surface area contributed by atoms with Crippen molar-refractivity contribution in [1.29, 1.82) is 0 Å². The maximum atomic E-state index is 12.1. The molecule has 0 bridgehead atoms. The van der Waals surface area contributed by atoms with Crippen LogP contribution < -0.4 is 5.32 Å². The van der Waals surface area contributed by atoms with E-state index >= 15 is 0 Å². The minimum absolute atomic E-state index is 0.0161. The molecule has 2 aromatic rings. The van der Waals surface area contributed by atoms with Crippen LogP contribution >= 0.6 is 15.9 Å². The summed E-state index contributed by atoms with van der Waals surface area (Å²) in [5.41, 5.74) is 2.44. The number of carbonyl (C=O) groups is 1. The highest BCUT2D eigenvalue weighted by Crippen LogP contribution is 2.37. The molecule has 0 unspecified atom stereocenters. The van der Waals surface area contributed by atoms with Crippen molar-refractivity contribution in [1.82, 2.24) is 5.32 Å². The molecule has 3 heteroatoms. The fraction of sp³-hybridized carbons (Fsp3) is 0.133. The second kappa shape index (κ2) is 3.95. The van der Waals surface area contributed by atoms with Crippen molar-refractivity contribution in [3.8, 4) is 0 Å². The van der Waals surface area contributed by atoms with E-state index in [1.165, 1.54) is 0 Å².